The number of likely N-dealkylation sites (tertiary alicyclic amines) is 1. The molecule has 4 aromatic rings. The Morgan fingerprint density at radius 2 is 1.68 bits per heavy atom. The third-order valence-electron chi connectivity index (χ3n) is 5.71. The van der Waals surface area contributed by atoms with Crippen LogP contribution in [0.5, 0.6) is 0 Å². The van der Waals surface area contributed by atoms with Gasteiger partial charge in [0.15, 0.2) is 5.78 Å². The average Bonchev–Trinajstić information content (AvgIpc) is 3.14. The van der Waals surface area contributed by atoms with Crippen molar-refractivity contribution in [3.8, 4) is 5.69 Å². The van der Waals surface area contributed by atoms with E-state index in [1.54, 1.807) is 16.7 Å². The van der Waals surface area contributed by atoms with E-state index >= 15 is 0 Å². The fourth-order valence-electron chi connectivity index (χ4n) is 4.18. The zero-order valence-electron chi connectivity index (χ0n) is 17.2. The highest BCUT2D eigenvalue weighted by molar-refractivity contribution is 7.23. The van der Waals surface area contributed by atoms with E-state index in [1.807, 2.05) is 60.7 Å². The van der Waals surface area contributed by atoms with E-state index in [9.17, 15) is 9.59 Å². The lowest BCUT2D eigenvalue weighted by atomic mass is 10.0. The summed E-state index contributed by atoms with van der Waals surface area (Å²) in [7, 11) is 2.11. The number of carbonyl (C=O) groups excluding carboxylic acids is 1. The average molecular weight is 430 g/mol. The molecule has 2 aromatic carbocycles. The molecule has 1 N–H and O–H groups in total. The molecule has 0 unspecified atom stereocenters. The van der Waals surface area contributed by atoms with Gasteiger partial charge in [0.2, 0.25) is 0 Å². The lowest BCUT2D eigenvalue weighted by Gasteiger charge is -2.36. The van der Waals surface area contributed by atoms with Gasteiger partial charge < -0.3 is 10.2 Å². The second-order valence-electron chi connectivity index (χ2n) is 8.03. The first-order chi connectivity index (χ1) is 15.1. The first kappa shape index (κ1) is 19.7. The normalized spacial score (nSPS) is 14.5. The van der Waals surface area contributed by atoms with Gasteiger partial charge in [0, 0.05) is 42.6 Å². The van der Waals surface area contributed by atoms with Gasteiger partial charge in [0.05, 0.1) is 11.3 Å². The van der Waals surface area contributed by atoms with Crippen LogP contribution in [-0.4, -0.2) is 41.9 Å². The van der Waals surface area contributed by atoms with Crippen molar-refractivity contribution in [1.82, 2.24) is 9.47 Å². The lowest BCUT2D eigenvalue weighted by molar-refractivity contribution is 0.104. The summed E-state index contributed by atoms with van der Waals surface area (Å²) < 4.78 is 1.70. The van der Waals surface area contributed by atoms with Crippen molar-refractivity contribution in [3.05, 3.63) is 94.3 Å². The number of anilines is 1. The number of hydrogen-bond donors (Lipinski definition) is 1. The summed E-state index contributed by atoms with van der Waals surface area (Å²) in [5.41, 5.74) is 1.98. The summed E-state index contributed by atoms with van der Waals surface area (Å²) in [5.74, 6) is 0.532. The zero-order chi connectivity index (χ0) is 21.4. The van der Waals surface area contributed by atoms with Crippen LogP contribution >= 0.6 is 11.3 Å². The molecule has 0 spiro atoms. The smallest absolute Gasteiger partial charge is 0.256 e. The number of benzene rings is 2. The van der Waals surface area contributed by atoms with Crippen LogP contribution in [0.25, 0.3) is 15.9 Å². The van der Waals surface area contributed by atoms with E-state index in [0.29, 0.717) is 17.0 Å². The van der Waals surface area contributed by atoms with E-state index in [2.05, 4.69) is 17.3 Å². The van der Waals surface area contributed by atoms with Crippen LogP contribution < -0.4 is 10.9 Å². The third-order valence-corrected chi connectivity index (χ3v) is 6.86. The molecule has 1 aliphatic rings. The number of aromatic nitrogens is 1. The third kappa shape index (κ3) is 3.69. The van der Waals surface area contributed by atoms with Gasteiger partial charge in [0.1, 0.15) is 9.83 Å². The fourth-order valence-corrected chi connectivity index (χ4v) is 5.40. The van der Waals surface area contributed by atoms with Crippen molar-refractivity contribution in [2.45, 2.75) is 0 Å². The number of rotatable bonds is 6. The molecule has 1 saturated heterocycles. The molecule has 0 saturated carbocycles. The van der Waals surface area contributed by atoms with E-state index in [1.165, 1.54) is 11.3 Å². The van der Waals surface area contributed by atoms with E-state index < -0.39 is 0 Å². The molecule has 6 heteroatoms. The van der Waals surface area contributed by atoms with Crippen LogP contribution in [0.3, 0.4) is 0 Å². The maximum absolute atomic E-state index is 13.5. The number of para-hydroxylation sites is 1. The Bertz CT molecular complexity index is 1290. The highest BCUT2D eigenvalue weighted by Crippen LogP contribution is 2.37. The Morgan fingerprint density at radius 3 is 2.35 bits per heavy atom. The minimum atomic E-state index is -0.106. The van der Waals surface area contributed by atoms with E-state index in [4.69, 9.17) is 0 Å². The highest BCUT2D eigenvalue weighted by atomic mass is 32.1. The molecule has 1 aliphatic heterocycles. The Kier molecular flexibility index (Phi) is 5.18. The number of carbonyl (C=O) groups is 1. The fraction of sp³-hybridized carbons (Fsp3) is 0.200. The summed E-state index contributed by atoms with van der Waals surface area (Å²) >= 11 is 1.48. The molecule has 0 radical (unpaired) electrons. The lowest BCUT2D eigenvalue weighted by Crippen LogP contribution is -2.46. The van der Waals surface area contributed by atoms with Crippen LogP contribution in [0.15, 0.2) is 77.6 Å². The molecule has 2 aromatic heterocycles. The molecular weight excluding hydrogens is 406 g/mol. The summed E-state index contributed by atoms with van der Waals surface area (Å²) in [5, 5.41) is 5.16. The van der Waals surface area contributed by atoms with Crippen molar-refractivity contribution < 1.29 is 4.79 Å². The number of hydrogen-bond acceptors (Lipinski definition) is 5. The Hall–Kier alpha value is -3.22. The van der Waals surface area contributed by atoms with Crippen molar-refractivity contribution in [3.63, 3.8) is 0 Å². The molecule has 31 heavy (non-hydrogen) atoms. The minimum absolute atomic E-state index is 0.0293. The molecule has 0 aliphatic carbocycles. The van der Waals surface area contributed by atoms with Gasteiger partial charge in [-0.2, -0.15) is 0 Å². The second-order valence-corrected chi connectivity index (χ2v) is 9.03. The van der Waals surface area contributed by atoms with Gasteiger partial charge in [-0.1, -0.05) is 59.9 Å². The summed E-state index contributed by atoms with van der Waals surface area (Å²) in [6.07, 6.45) is 0. The van der Waals surface area contributed by atoms with Crippen LogP contribution in [0.1, 0.15) is 15.9 Å². The summed E-state index contributed by atoms with van der Waals surface area (Å²) in [4.78, 5) is 29.4. The van der Waals surface area contributed by atoms with Crippen molar-refractivity contribution in [2.75, 3.05) is 32.0 Å². The zero-order valence-corrected chi connectivity index (χ0v) is 18.1. The molecule has 5 rings (SSSR count). The second kappa shape index (κ2) is 8.13. The monoisotopic (exact) mass is 429 g/mol. The van der Waals surface area contributed by atoms with Gasteiger partial charge in [-0.25, -0.2) is 0 Å². The standard InChI is InChI=1S/C25H23N3O2S/c1-27-15-17(16-27)14-26-24-22(23(30)18-8-4-2-5-9-18)20-12-13-21(29)28(25(20)31-24)19-10-6-3-7-11-19/h2-13,17,26H,14-16H2,1H3. The largest absolute Gasteiger partial charge is 0.376 e. The quantitative estimate of drug-likeness (QED) is 0.466. The number of ketones is 1. The van der Waals surface area contributed by atoms with E-state index in [0.717, 1.165) is 40.5 Å². The summed E-state index contributed by atoms with van der Waals surface area (Å²) in [6, 6.07) is 22.2. The molecule has 0 bridgehead atoms. The highest BCUT2D eigenvalue weighted by Gasteiger charge is 2.26. The predicted molar refractivity (Wildman–Crippen MR) is 127 cm³/mol. The SMILES string of the molecule is CN1CC(CNc2sc3c(ccc(=O)n3-c3ccccc3)c2C(=O)c2ccccc2)C1. The number of nitrogens with one attached hydrogen (secondary N) is 1. The van der Waals surface area contributed by atoms with Gasteiger partial charge >= 0.3 is 0 Å². The number of fused-ring (bicyclic) bond motifs is 1. The molecule has 0 amide bonds. The Morgan fingerprint density at radius 1 is 1.00 bits per heavy atom. The van der Waals surface area contributed by atoms with Crippen molar-refractivity contribution in [1.29, 1.82) is 0 Å². The maximum Gasteiger partial charge on any atom is 0.256 e. The predicted octanol–water partition coefficient (Wildman–Crippen LogP) is 4.26. The molecular formula is C25H23N3O2S. The first-order valence-corrected chi connectivity index (χ1v) is 11.2. The minimum Gasteiger partial charge on any atom is -0.376 e. The van der Waals surface area contributed by atoms with Crippen LogP contribution in [-0.2, 0) is 0 Å². The number of pyridine rings is 1. The molecule has 1 fully saturated rings. The van der Waals surface area contributed by atoms with Gasteiger partial charge in [-0.05, 0) is 25.2 Å². The maximum atomic E-state index is 13.5. The van der Waals surface area contributed by atoms with E-state index in [-0.39, 0.29) is 11.3 Å². The van der Waals surface area contributed by atoms with Crippen LogP contribution in [0, 0.1) is 5.92 Å². The van der Waals surface area contributed by atoms with Gasteiger partial charge in [-0.3, -0.25) is 14.2 Å². The van der Waals surface area contributed by atoms with Crippen LogP contribution in [0.4, 0.5) is 5.00 Å². The number of nitrogens with zero attached hydrogens (tertiary/aromatic N) is 2. The molecule has 156 valence electrons. The molecule has 5 nitrogen and oxygen atoms in total. The summed E-state index contributed by atoms with van der Waals surface area (Å²) in [6.45, 7) is 2.91. The Balaban J connectivity index is 1.66. The van der Waals surface area contributed by atoms with Crippen LogP contribution in [0.2, 0.25) is 0 Å². The molecule has 0 atom stereocenters. The Labute approximate surface area is 184 Å². The van der Waals surface area contributed by atoms with Gasteiger partial charge in [-0.15, -0.1) is 0 Å². The molecule has 3 heterocycles. The topological polar surface area (TPSA) is 54.3 Å². The van der Waals surface area contributed by atoms with Crippen molar-refractivity contribution in [2.24, 2.45) is 5.92 Å². The first-order valence-electron chi connectivity index (χ1n) is 10.4. The van der Waals surface area contributed by atoms with Gasteiger partial charge in [0.25, 0.3) is 5.56 Å². The van der Waals surface area contributed by atoms with Crippen molar-refractivity contribution >= 4 is 32.3 Å². The number of thiophene rings is 1.